The summed E-state index contributed by atoms with van der Waals surface area (Å²) in [7, 11) is 2.05. The van der Waals surface area contributed by atoms with Crippen molar-refractivity contribution in [1.29, 1.82) is 0 Å². The van der Waals surface area contributed by atoms with Crippen molar-refractivity contribution >= 4 is 0 Å². The molecule has 0 amide bonds. The average Bonchev–Trinajstić information content (AvgIpc) is 2.73. The number of rotatable bonds is 5. The number of benzene rings is 1. The first kappa shape index (κ1) is 11.7. The van der Waals surface area contributed by atoms with Gasteiger partial charge in [-0.15, -0.1) is 0 Å². The number of aromatic nitrogens is 1. The van der Waals surface area contributed by atoms with Crippen LogP contribution in [0, 0.1) is 0 Å². The zero-order chi connectivity index (χ0) is 12.1. The van der Waals surface area contributed by atoms with Crippen molar-refractivity contribution in [2.45, 2.75) is 13.0 Å². The Bertz CT molecular complexity index is 459. The van der Waals surface area contributed by atoms with Crippen molar-refractivity contribution in [3.63, 3.8) is 0 Å². The fourth-order valence-corrected chi connectivity index (χ4v) is 1.79. The number of hydrogen-bond acceptors (Lipinski definition) is 2. The SMILES string of the molecule is Cn1cccc1CNCCc1ccc(O)cc1. The Balaban J connectivity index is 1.73. The van der Waals surface area contributed by atoms with Crippen LogP contribution >= 0.6 is 0 Å². The van der Waals surface area contributed by atoms with Gasteiger partial charge in [0.2, 0.25) is 0 Å². The normalized spacial score (nSPS) is 10.6. The lowest BCUT2D eigenvalue weighted by Gasteiger charge is -2.06. The van der Waals surface area contributed by atoms with Crippen LogP contribution in [0.15, 0.2) is 42.6 Å². The van der Waals surface area contributed by atoms with Gasteiger partial charge in [0.05, 0.1) is 0 Å². The summed E-state index contributed by atoms with van der Waals surface area (Å²) in [5.41, 5.74) is 2.53. The summed E-state index contributed by atoms with van der Waals surface area (Å²) >= 11 is 0. The number of nitrogens with zero attached hydrogens (tertiary/aromatic N) is 1. The van der Waals surface area contributed by atoms with Gasteiger partial charge in [0.15, 0.2) is 0 Å². The highest BCUT2D eigenvalue weighted by atomic mass is 16.3. The highest BCUT2D eigenvalue weighted by Gasteiger charge is 1.97. The van der Waals surface area contributed by atoms with E-state index in [1.807, 2.05) is 12.1 Å². The first-order valence-electron chi connectivity index (χ1n) is 5.84. The summed E-state index contributed by atoms with van der Waals surface area (Å²) < 4.78 is 2.12. The molecule has 0 aliphatic carbocycles. The molecule has 90 valence electrons. The Labute approximate surface area is 102 Å². The molecule has 0 radical (unpaired) electrons. The summed E-state index contributed by atoms with van der Waals surface area (Å²) in [5, 5.41) is 12.6. The molecule has 0 atom stereocenters. The molecule has 1 aromatic carbocycles. The minimum atomic E-state index is 0.325. The first-order valence-corrected chi connectivity index (χ1v) is 5.84. The smallest absolute Gasteiger partial charge is 0.115 e. The van der Waals surface area contributed by atoms with Crippen LogP contribution in [0.4, 0.5) is 0 Å². The number of nitrogens with one attached hydrogen (secondary N) is 1. The van der Waals surface area contributed by atoms with Crippen molar-refractivity contribution in [1.82, 2.24) is 9.88 Å². The van der Waals surface area contributed by atoms with Gasteiger partial charge in [0, 0.05) is 25.5 Å². The van der Waals surface area contributed by atoms with Gasteiger partial charge in [-0.3, -0.25) is 0 Å². The van der Waals surface area contributed by atoms with Crippen molar-refractivity contribution in [3.05, 3.63) is 53.9 Å². The lowest BCUT2D eigenvalue weighted by Crippen LogP contribution is -2.18. The minimum Gasteiger partial charge on any atom is -0.508 e. The topological polar surface area (TPSA) is 37.2 Å². The summed E-state index contributed by atoms with van der Waals surface area (Å²) in [6.07, 6.45) is 3.03. The second kappa shape index (κ2) is 5.55. The number of phenols is 1. The van der Waals surface area contributed by atoms with Crippen molar-refractivity contribution in [2.24, 2.45) is 7.05 Å². The van der Waals surface area contributed by atoms with E-state index in [1.165, 1.54) is 11.3 Å². The van der Waals surface area contributed by atoms with Crippen molar-refractivity contribution in [2.75, 3.05) is 6.54 Å². The summed E-state index contributed by atoms with van der Waals surface area (Å²) in [6, 6.07) is 11.5. The number of aromatic hydroxyl groups is 1. The van der Waals surface area contributed by atoms with Crippen LogP contribution in [0.25, 0.3) is 0 Å². The lowest BCUT2D eigenvalue weighted by molar-refractivity contribution is 0.475. The molecular formula is C14H18N2O. The molecule has 0 bridgehead atoms. The Hall–Kier alpha value is -1.74. The molecule has 1 heterocycles. The van der Waals surface area contributed by atoms with Crippen LogP contribution in [0.1, 0.15) is 11.3 Å². The van der Waals surface area contributed by atoms with Crippen LogP contribution in [0.3, 0.4) is 0 Å². The third-order valence-corrected chi connectivity index (χ3v) is 2.88. The van der Waals surface area contributed by atoms with Crippen LogP contribution < -0.4 is 5.32 Å². The van der Waals surface area contributed by atoms with Crippen LogP contribution in [-0.2, 0) is 20.0 Å². The Morgan fingerprint density at radius 1 is 1.18 bits per heavy atom. The second-order valence-electron chi connectivity index (χ2n) is 4.20. The van der Waals surface area contributed by atoms with Gasteiger partial charge in [-0.2, -0.15) is 0 Å². The summed E-state index contributed by atoms with van der Waals surface area (Å²) in [4.78, 5) is 0. The maximum Gasteiger partial charge on any atom is 0.115 e. The number of aryl methyl sites for hydroxylation is 1. The monoisotopic (exact) mass is 230 g/mol. The Morgan fingerprint density at radius 2 is 1.94 bits per heavy atom. The van der Waals surface area contributed by atoms with Gasteiger partial charge in [-0.1, -0.05) is 12.1 Å². The molecule has 0 unspecified atom stereocenters. The third-order valence-electron chi connectivity index (χ3n) is 2.88. The molecule has 17 heavy (non-hydrogen) atoms. The lowest BCUT2D eigenvalue weighted by atomic mass is 10.1. The van der Waals surface area contributed by atoms with E-state index in [0.29, 0.717) is 5.75 Å². The molecule has 2 rings (SSSR count). The molecule has 1 aromatic heterocycles. The van der Waals surface area contributed by atoms with E-state index >= 15 is 0 Å². The molecule has 0 saturated heterocycles. The van der Waals surface area contributed by atoms with E-state index in [0.717, 1.165) is 19.5 Å². The molecule has 0 saturated carbocycles. The highest BCUT2D eigenvalue weighted by Crippen LogP contribution is 2.09. The van der Waals surface area contributed by atoms with E-state index < -0.39 is 0 Å². The van der Waals surface area contributed by atoms with E-state index in [1.54, 1.807) is 12.1 Å². The van der Waals surface area contributed by atoms with Gasteiger partial charge in [-0.25, -0.2) is 0 Å². The predicted octanol–water partition coefficient (Wildman–Crippen LogP) is 2.06. The van der Waals surface area contributed by atoms with Gasteiger partial charge < -0.3 is 15.0 Å². The number of hydrogen-bond donors (Lipinski definition) is 2. The quantitative estimate of drug-likeness (QED) is 0.771. The van der Waals surface area contributed by atoms with E-state index in [2.05, 4.69) is 35.3 Å². The molecule has 3 nitrogen and oxygen atoms in total. The van der Waals surface area contributed by atoms with Crippen LogP contribution in [0.2, 0.25) is 0 Å². The van der Waals surface area contributed by atoms with E-state index in [4.69, 9.17) is 5.11 Å². The van der Waals surface area contributed by atoms with E-state index in [-0.39, 0.29) is 0 Å². The third kappa shape index (κ3) is 3.36. The van der Waals surface area contributed by atoms with Gasteiger partial charge in [0.1, 0.15) is 5.75 Å². The molecule has 0 aliphatic heterocycles. The average molecular weight is 230 g/mol. The zero-order valence-electron chi connectivity index (χ0n) is 10.1. The van der Waals surface area contributed by atoms with Crippen LogP contribution in [-0.4, -0.2) is 16.2 Å². The van der Waals surface area contributed by atoms with Crippen molar-refractivity contribution in [3.8, 4) is 5.75 Å². The predicted molar refractivity (Wildman–Crippen MR) is 68.9 cm³/mol. The molecule has 2 aromatic rings. The summed E-state index contributed by atoms with van der Waals surface area (Å²) in [6.45, 7) is 1.83. The molecular weight excluding hydrogens is 212 g/mol. The molecule has 0 fully saturated rings. The standard InChI is InChI=1S/C14H18N2O/c1-16-10-2-3-13(16)11-15-9-8-12-4-6-14(17)7-5-12/h2-7,10,15,17H,8-9,11H2,1H3. The largest absolute Gasteiger partial charge is 0.508 e. The number of phenolic OH excluding ortho intramolecular Hbond substituents is 1. The molecule has 3 heteroatoms. The fourth-order valence-electron chi connectivity index (χ4n) is 1.79. The van der Waals surface area contributed by atoms with Crippen molar-refractivity contribution < 1.29 is 5.11 Å². The molecule has 2 N–H and O–H groups in total. The minimum absolute atomic E-state index is 0.325. The van der Waals surface area contributed by atoms with Gasteiger partial charge >= 0.3 is 0 Å². The zero-order valence-corrected chi connectivity index (χ0v) is 10.1. The van der Waals surface area contributed by atoms with Gasteiger partial charge in [-0.05, 0) is 42.8 Å². The van der Waals surface area contributed by atoms with Crippen LogP contribution in [0.5, 0.6) is 5.75 Å². The maximum absolute atomic E-state index is 9.17. The first-order chi connectivity index (χ1) is 8.25. The molecule has 0 aliphatic rings. The maximum atomic E-state index is 9.17. The Morgan fingerprint density at radius 3 is 2.59 bits per heavy atom. The molecule has 0 spiro atoms. The Kier molecular flexibility index (Phi) is 3.83. The van der Waals surface area contributed by atoms with Gasteiger partial charge in [0.25, 0.3) is 0 Å². The summed E-state index contributed by atoms with van der Waals surface area (Å²) in [5.74, 6) is 0.325. The highest BCUT2D eigenvalue weighted by molar-refractivity contribution is 5.26. The van der Waals surface area contributed by atoms with E-state index in [9.17, 15) is 0 Å². The fraction of sp³-hybridized carbons (Fsp3) is 0.286. The second-order valence-corrected chi connectivity index (χ2v) is 4.20.